The van der Waals surface area contributed by atoms with Crippen molar-refractivity contribution in [3.63, 3.8) is 0 Å². The molecule has 19 heavy (non-hydrogen) atoms. The van der Waals surface area contributed by atoms with Crippen molar-refractivity contribution in [1.29, 1.82) is 0 Å². The second-order valence-corrected chi connectivity index (χ2v) is 4.80. The molecule has 102 valence electrons. The first-order valence-corrected chi connectivity index (χ1v) is 6.53. The molecule has 1 aliphatic heterocycles. The van der Waals surface area contributed by atoms with E-state index in [4.69, 9.17) is 11.5 Å². The van der Waals surface area contributed by atoms with Crippen LogP contribution in [-0.2, 0) is 11.2 Å². The lowest BCUT2D eigenvalue weighted by atomic mass is 10.1. The lowest BCUT2D eigenvalue weighted by Gasteiger charge is -2.22. The zero-order chi connectivity index (χ0) is 13.8. The van der Waals surface area contributed by atoms with Gasteiger partial charge in [0.2, 0.25) is 5.91 Å². The molecule has 0 spiro atoms. The van der Waals surface area contributed by atoms with Crippen molar-refractivity contribution in [2.45, 2.75) is 25.3 Å². The molecular weight excluding hydrogens is 242 g/mol. The lowest BCUT2D eigenvalue weighted by molar-refractivity contribution is -0.121. The first kappa shape index (κ1) is 13.5. The average Bonchev–Trinajstić information content (AvgIpc) is 2.88. The summed E-state index contributed by atoms with van der Waals surface area (Å²) in [5.74, 6) is -0.552. The molecule has 1 aliphatic rings. The number of likely N-dealkylation sites (tertiary alicyclic amines) is 1. The monoisotopic (exact) mass is 261 g/mol. The Bertz CT molecular complexity index is 487. The molecule has 5 nitrogen and oxygen atoms in total. The maximum Gasteiger partial charge on any atom is 0.254 e. The van der Waals surface area contributed by atoms with Gasteiger partial charge < -0.3 is 16.4 Å². The van der Waals surface area contributed by atoms with E-state index < -0.39 is 11.9 Å². The van der Waals surface area contributed by atoms with Crippen molar-refractivity contribution in [3.05, 3.63) is 35.4 Å². The van der Waals surface area contributed by atoms with Crippen LogP contribution in [0.1, 0.15) is 28.8 Å². The van der Waals surface area contributed by atoms with Gasteiger partial charge in [0.15, 0.2) is 0 Å². The number of hydrogen-bond donors (Lipinski definition) is 2. The van der Waals surface area contributed by atoms with E-state index in [0.717, 1.165) is 18.4 Å². The minimum atomic E-state index is -0.467. The molecule has 0 aromatic heterocycles. The number of amides is 2. The quantitative estimate of drug-likeness (QED) is 0.815. The molecule has 5 heteroatoms. The third-order valence-electron chi connectivity index (χ3n) is 3.45. The Morgan fingerprint density at radius 2 is 2.16 bits per heavy atom. The molecule has 2 amide bonds. The van der Waals surface area contributed by atoms with Gasteiger partial charge in [-0.2, -0.15) is 0 Å². The van der Waals surface area contributed by atoms with E-state index in [-0.39, 0.29) is 5.91 Å². The van der Waals surface area contributed by atoms with Gasteiger partial charge in [0.05, 0.1) is 0 Å². The summed E-state index contributed by atoms with van der Waals surface area (Å²) in [5, 5.41) is 0. The summed E-state index contributed by atoms with van der Waals surface area (Å²) in [5.41, 5.74) is 12.5. The van der Waals surface area contributed by atoms with Gasteiger partial charge in [0.1, 0.15) is 6.04 Å². The molecule has 1 unspecified atom stereocenters. The molecule has 1 atom stereocenters. The van der Waals surface area contributed by atoms with Crippen LogP contribution in [0.3, 0.4) is 0 Å². The number of rotatable bonds is 4. The molecular formula is C14H19N3O2. The van der Waals surface area contributed by atoms with Crippen LogP contribution in [0.4, 0.5) is 0 Å². The average molecular weight is 261 g/mol. The highest BCUT2D eigenvalue weighted by Gasteiger charge is 2.33. The zero-order valence-electron chi connectivity index (χ0n) is 10.8. The van der Waals surface area contributed by atoms with Crippen LogP contribution in [0, 0.1) is 0 Å². The smallest absolute Gasteiger partial charge is 0.254 e. The fourth-order valence-corrected chi connectivity index (χ4v) is 2.50. The second kappa shape index (κ2) is 5.84. The summed E-state index contributed by atoms with van der Waals surface area (Å²) < 4.78 is 0. The lowest BCUT2D eigenvalue weighted by Crippen LogP contribution is -2.43. The van der Waals surface area contributed by atoms with Crippen molar-refractivity contribution < 1.29 is 9.59 Å². The van der Waals surface area contributed by atoms with E-state index in [0.29, 0.717) is 25.1 Å². The maximum atomic E-state index is 12.4. The van der Waals surface area contributed by atoms with Crippen LogP contribution >= 0.6 is 0 Å². The van der Waals surface area contributed by atoms with Crippen molar-refractivity contribution in [2.24, 2.45) is 11.5 Å². The van der Waals surface area contributed by atoms with E-state index in [2.05, 4.69) is 0 Å². The Morgan fingerprint density at radius 3 is 2.84 bits per heavy atom. The SMILES string of the molecule is NCCc1cccc(C(=O)N2CCCC2C(N)=O)c1. The number of benzene rings is 1. The highest BCUT2D eigenvalue weighted by Crippen LogP contribution is 2.20. The number of primary amides is 1. The molecule has 4 N–H and O–H groups in total. The Labute approximate surface area is 112 Å². The molecule has 0 radical (unpaired) electrons. The first-order valence-electron chi connectivity index (χ1n) is 6.53. The Morgan fingerprint density at radius 1 is 1.37 bits per heavy atom. The van der Waals surface area contributed by atoms with Crippen molar-refractivity contribution in [1.82, 2.24) is 4.90 Å². The number of hydrogen-bond acceptors (Lipinski definition) is 3. The van der Waals surface area contributed by atoms with E-state index >= 15 is 0 Å². The highest BCUT2D eigenvalue weighted by atomic mass is 16.2. The molecule has 2 rings (SSSR count). The van der Waals surface area contributed by atoms with Gasteiger partial charge in [-0.3, -0.25) is 9.59 Å². The molecule has 1 fully saturated rings. The van der Waals surface area contributed by atoms with Gasteiger partial charge in [-0.25, -0.2) is 0 Å². The van der Waals surface area contributed by atoms with Gasteiger partial charge in [-0.15, -0.1) is 0 Å². The number of nitrogens with two attached hydrogens (primary N) is 2. The molecule has 0 aliphatic carbocycles. The highest BCUT2D eigenvalue weighted by molar-refractivity contribution is 5.97. The van der Waals surface area contributed by atoms with Crippen LogP contribution in [0.5, 0.6) is 0 Å². The molecule has 0 saturated carbocycles. The third kappa shape index (κ3) is 2.93. The van der Waals surface area contributed by atoms with Gasteiger partial charge in [-0.05, 0) is 43.5 Å². The Balaban J connectivity index is 2.19. The largest absolute Gasteiger partial charge is 0.368 e. The molecule has 1 aromatic rings. The standard InChI is InChI=1S/C14H19N3O2/c15-7-6-10-3-1-4-11(9-10)14(19)17-8-2-5-12(17)13(16)18/h1,3-4,9,12H,2,5-8,15H2,(H2,16,18). The molecule has 1 aromatic carbocycles. The van der Waals surface area contributed by atoms with Gasteiger partial charge in [-0.1, -0.05) is 12.1 Å². The summed E-state index contributed by atoms with van der Waals surface area (Å²) in [6.07, 6.45) is 2.21. The number of nitrogens with zero attached hydrogens (tertiary/aromatic N) is 1. The van der Waals surface area contributed by atoms with E-state index in [9.17, 15) is 9.59 Å². The topological polar surface area (TPSA) is 89.4 Å². The summed E-state index contributed by atoms with van der Waals surface area (Å²) in [6.45, 7) is 1.14. The summed E-state index contributed by atoms with van der Waals surface area (Å²) >= 11 is 0. The van der Waals surface area contributed by atoms with Crippen molar-refractivity contribution in [3.8, 4) is 0 Å². The fourth-order valence-electron chi connectivity index (χ4n) is 2.50. The second-order valence-electron chi connectivity index (χ2n) is 4.80. The maximum absolute atomic E-state index is 12.4. The van der Waals surface area contributed by atoms with Crippen molar-refractivity contribution in [2.75, 3.05) is 13.1 Å². The minimum absolute atomic E-state index is 0.125. The zero-order valence-corrected chi connectivity index (χ0v) is 10.8. The molecule has 1 heterocycles. The van der Waals surface area contributed by atoms with Gasteiger partial charge in [0, 0.05) is 12.1 Å². The summed E-state index contributed by atoms with van der Waals surface area (Å²) in [6, 6.07) is 6.92. The summed E-state index contributed by atoms with van der Waals surface area (Å²) in [7, 11) is 0. The predicted molar refractivity (Wildman–Crippen MR) is 72.5 cm³/mol. The molecule has 0 bridgehead atoms. The Hall–Kier alpha value is -1.88. The minimum Gasteiger partial charge on any atom is -0.368 e. The van der Waals surface area contributed by atoms with Crippen LogP contribution in [0.25, 0.3) is 0 Å². The van der Waals surface area contributed by atoms with Gasteiger partial charge >= 0.3 is 0 Å². The van der Waals surface area contributed by atoms with Gasteiger partial charge in [0.25, 0.3) is 5.91 Å². The van der Waals surface area contributed by atoms with Crippen LogP contribution < -0.4 is 11.5 Å². The first-order chi connectivity index (χ1) is 9.13. The number of carbonyl (C=O) groups excluding carboxylic acids is 2. The summed E-state index contributed by atoms with van der Waals surface area (Å²) in [4.78, 5) is 25.3. The van der Waals surface area contributed by atoms with Crippen LogP contribution in [-0.4, -0.2) is 35.8 Å². The van der Waals surface area contributed by atoms with E-state index in [1.54, 1.807) is 11.0 Å². The van der Waals surface area contributed by atoms with E-state index in [1.165, 1.54) is 0 Å². The normalized spacial score (nSPS) is 18.6. The third-order valence-corrected chi connectivity index (χ3v) is 3.45. The van der Waals surface area contributed by atoms with Crippen LogP contribution in [0.15, 0.2) is 24.3 Å². The fraction of sp³-hybridized carbons (Fsp3) is 0.429. The Kier molecular flexibility index (Phi) is 4.16. The van der Waals surface area contributed by atoms with E-state index in [1.807, 2.05) is 18.2 Å². The number of carbonyl (C=O) groups is 2. The molecule has 1 saturated heterocycles. The predicted octanol–water partition coefficient (Wildman–Crippen LogP) is 0.278. The van der Waals surface area contributed by atoms with Crippen molar-refractivity contribution >= 4 is 11.8 Å². The van der Waals surface area contributed by atoms with Crippen LogP contribution in [0.2, 0.25) is 0 Å².